The molecule has 7 nitrogen and oxygen atoms in total. The zero-order chi connectivity index (χ0) is 25.2. The number of nitrogens with one attached hydrogen (secondary N) is 1. The Morgan fingerprint density at radius 1 is 1.03 bits per heavy atom. The minimum absolute atomic E-state index is 0.0599. The molecular weight excluding hydrogens is 465 g/mol. The van der Waals surface area contributed by atoms with Crippen LogP contribution in [0.15, 0.2) is 48.5 Å². The van der Waals surface area contributed by atoms with E-state index in [9.17, 15) is 27.6 Å². The molecule has 2 aromatic rings. The number of carboxylic acid groups (broad SMARTS) is 1. The third-order valence-corrected chi connectivity index (χ3v) is 6.28. The zero-order valence-electron chi connectivity index (χ0n) is 18.8. The summed E-state index contributed by atoms with van der Waals surface area (Å²) < 4.78 is 43.9. The largest absolute Gasteiger partial charge is 0.480 e. The highest BCUT2D eigenvalue weighted by molar-refractivity contribution is 5.82. The molecule has 1 fully saturated rings. The van der Waals surface area contributed by atoms with Crippen molar-refractivity contribution in [2.75, 3.05) is 19.7 Å². The van der Waals surface area contributed by atoms with Gasteiger partial charge in [-0.15, -0.1) is 0 Å². The number of benzene rings is 2. The Kier molecular flexibility index (Phi) is 7.00. The molecule has 0 aromatic heterocycles. The summed E-state index contributed by atoms with van der Waals surface area (Å²) in [6.07, 6.45) is -4.52. The van der Waals surface area contributed by atoms with Crippen molar-refractivity contribution in [2.45, 2.75) is 37.4 Å². The van der Waals surface area contributed by atoms with Crippen molar-refractivity contribution in [2.24, 2.45) is 5.92 Å². The number of aliphatic carboxylic acids is 1. The van der Waals surface area contributed by atoms with Crippen LogP contribution in [0.4, 0.5) is 18.0 Å². The second-order valence-electron chi connectivity index (χ2n) is 8.88. The van der Waals surface area contributed by atoms with E-state index in [-0.39, 0.29) is 23.3 Å². The lowest BCUT2D eigenvalue weighted by Crippen LogP contribution is -2.46. The molecule has 0 heterocycles. The second kappa shape index (κ2) is 9.97. The van der Waals surface area contributed by atoms with E-state index in [0.717, 1.165) is 22.3 Å². The Morgan fingerprint density at radius 2 is 1.60 bits per heavy atom. The van der Waals surface area contributed by atoms with Gasteiger partial charge in [0.15, 0.2) is 0 Å². The standard InChI is InChI=1S/C25H25F3N2O5/c26-25(27,28)14-30(12-23(32)33)22(31)11-21(15-9-10-15)29-24(34)35-13-20-18-7-3-1-5-16(18)17-6-2-4-8-19(17)20/h1-8,15,20-21H,9-14H2,(H,29,34)(H,32,33). The fourth-order valence-electron chi connectivity index (χ4n) is 4.55. The van der Waals surface area contributed by atoms with Crippen LogP contribution in [0.3, 0.4) is 0 Å². The summed E-state index contributed by atoms with van der Waals surface area (Å²) in [6, 6.07) is 14.9. The molecule has 2 aliphatic rings. The number of alkyl halides is 3. The lowest BCUT2D eigenvalue weighted by atomic mass is 9.98. The smallest absolute Gasteiger partial charge is 0.407 e. The van der Waals surface area contributed by atoms with Gasteiger partial charge in [-0.05, 0) is 41.0 Å². The molecule has 1 saturated carbocycles. The van der Waals surface area contributed by atoms with E-state index in [1.807, 2.05) is 48.5 Å². The van der Waals surface area contributed by atoms with Gasteiger partial charge in [-0.3, -0.25) is 9.59 Å². The monoisotopic (exact) mass is 490 g/mol. The van der Waals surface area contributed by atoms with E-state index in [1.165, 1.54) is 0 Å². The van der Waals surface area contributed by atoms with Gasteiger partial charge in [-0.2, -0.15) is 13.2 Å². The van der Waals surface area contributed by atoms with Gasteiger partial charge in [0, 0.05) is 18.4 Å². The molecule has 1 unspecified atom stereocenters. The van der Waals surface area contributed by atoms with Gasteiger partial charge >= 0.3 is 18.2 Å². The first-order chi connectivity index (χ1) is 16.6. The Hall–Kier alpha value is -3.56. The highest BCUT2D eigenvalue weighted by Crippen LogP contribution is 2.44. The van der Waals surface area contributed by atoms with Gasteiger partial charge in [-0.25, -0.2) is 4.79 Å². The van der Waals surface area contributed by atoms with Crippen molar-refractivity contribution in [3.63, 3.8) is 0 Å². The number of nitrogens with zero attached hydrogens (tertiary/aromatic N) is 1. The lowest BCUT2D eigenvalue weighted by molar-refractivity contribution is -0.166. The van der Waals surface area contributed by atoms with Crippen LogP contribution in [0.1, 0.15) is 36.3 Å². The maximum Gasteiger partial charge on any atom is 0.407 e. The van der Waals surface area contributed by atoms with Crippen LogP contribution in [0.25, 0.3) is 11.1 Å². The Morgan fingerprint density at radius 3 is 2.11 bits per heavy atom. The lowest BCUT2D eigenvalue weighted by Gasteiger charge is -2.25. The van der Waals surface area contributed by atoms with Crippen molar-refractivity contribution in [3.8, 4) is 11.1 Å². The minimum atomic E-state index is -4.74. The molecule has 10 heteroatoms. The number of carboxylic acids is 1. The summed E-state index contributed by atoms with van der Waals surface area (Å²) in [7, 11) is 0. The number of ether oxygens (including phenoxy) is 1. The predicted octanol–water partition coefficient (Wildman–Crippen LogP) is 4.17. The van der Waals surface area contributed by atoms with Gasteiger partial charge in [0.05, 0.1) is 0 Å². The molecule has 186 valence electrons. The topological polar surface area (TPSA) is 95.9 Å². The third-order valence-electron chi connectivity index (χ3n) is 6.28. The van der Waals surface area contributed by atoms with Crippen LogP contribution >= 0.6 is 0 Å². The quantitative estimate of drug-likeness (QED) is 0.550. The molecule has 4 rings (SSSR count). The first kappa shape index (κ1) is 24.6. The summed E-state index contributed by atoms with van der Waals surface area (Å²) in [5.41, 5.74) is 4.21. The van der Waals surface area contributed by atoms with E-state index < -0.39 is 49.7 Å². The van der Waals surface area contributed by atoms with Crippen molar-refractivity contribution in [3.05, 3.63) is 59.7 Å². The molecular formula is C25H25F3N2O5. The van der Waals surface area contributed by atoms with Crippen molar-refractivity contribution >= 4 is 18.0 Å². The number of hydrogen-bond acceptors (Lipinski definition) is 4. The minimum Gasteiger partial charge on any atom is -0.480 e. The Bertz CT molecular complexity index is 1070. The molecule has 2 aliphatic carbocycles. The number of carbonyl (C=O) groups excluding carboxylic acids is 2. The molecule has 0 saturated heterocycles. The molecule has 2 amide bonds. The Balaban J connectivity index is 1.38. The van der Waals surface area contributed by atoms with E-state index in [0.29, 0.717) is 12.8 Å². The normalized spacial score (nSPS) is 15.6. The number of hydrogen-bond donors (Lipinski definition) is 2. The van der Waals surface area contributed by atoms with E-state index >= 15 is 0 Å². The second-order valence-corrected chi connectivity index (χ2v) is 8.88. The van der Waals surface area contributed by atoms with Crippen molar-refractivity contribution in [1.29, 1.82) is 0 Å². The maximum absolute atomic E-state index is 12.8. The predicted molar refractivity (Wildman–Crippen MR) is 120 cm³/mol. The summed E-state index contributed by atoms with van der Waals surface area (Å²) >= 11 is 0. The van der Waals surface area contributed by atoms with Crippen LogP contribution in [0, 0.1) is 5.92 Å². The van der Waals surface area contributed by atoms with Crippen LogP contribution in [-0.4, -0.2) is 59.9 Å². The first-order valence-corrected chi connectivity index (χ1v) is 11.3. The molecule has 35 heavy (non-hydrogen) atoms. The molecule has 0 radical (unpaired) electrons. The molecule has 0 aliphatic heterocycles. The molecule has 1 atom stereocenters. The molecule has 0 bridgehead atoms. The average Bonchev–Trinajstić information content (AvgIpc) is 3.59. The number of carbonyl (C=O) groups is 3. The molecule has 2 N–H and O–H groups in total. The highest BCUT2D eigenvalue weighted by Gasteiger charge is 2.39. The number of fused-ring (bicyclic) bond motifs is 3. The average molecular weight is 490 g/mol. The summed E-state index contributed by atoms with van der Waals surface area (Å²) in [4.78, 5) is 36.3. The SMILES string of the molecule is O=C(O)CN(CC(F)(F)F)C(=O)CC(NC(=O)OCC1c2ccccc2-c2ccccc21)C1CC1. The van der Waals surface area contributed by atoms with Gasteiger partial charge in [0.2, 0.25) is 5.91 Å². The highest BCUT2D eigenvalue weighted by atomic mass is 19.4. The summed E-state index contributed by atoms with van der Waals surface area (Å²) in [5.74, 6) is -2.76. The van der Waals surface area contributed by atoms with Gasteiger partial charge < -0.3 is 20.1 Å². The fourth-order valence-corrected chi connectivity index (χ4v) is 4.55. The van der Waals surface area contributed by atoms with E-state index in [1.54, 1.807) is 0 Å². The summed E-state index contributed by atoms with van der Waals surface area (Å²) in [6.45, 7) is -2.68. The zero-order valence-corrected chi connectivity index (χ0v) is 18.8. The number of rotatable bonds is 9. The Labute approximate surface area is 199 Å². The van der Waals surface area contributed by atoms with E-state index in [4.69, 9.17) is 9.84 Å². The van der Waals surface area contributed by atoms with Gasteiger partial charge in [0.1, 0.15) is 19.7 Å². The molecule has 0 spiro atoms. The number of amides is 2. The van der Waals surface area contributed by atoms with Crippen LogP contribution in [-0.2, 0) is 14.3 Å². The molecule has 2 aromatic carbocycles. The third kappa shape index (κ3) is 6.12. The maximum atomic E-state index is 12.8. The van der Waals surface area contributed by atoms with Gasteiger partial charge in [-0.1, -0.05) is 48.5 Å². The van der Waals surface area contributed by atoms with Crippen LogP contribution < -0.4 is 5.32 Å². The number of alkyl carbamates (subject to hydrolysis) is 1. The van der Waals surface area contributed by atoms with Crippen molar-refractivity contribution < 1.29 is 37.4 Å². The van der Waals surface area contributed by atoms with Crippen LogP contribution in [0.5, 0.6) is 0 Å². The first-order valence-electron chi connectivity index (χ1n) is 11.3. The van der Waals surface area contributed by atoms with Crippen LogP contribution in [0.2, 0.25) is 0 Å². The van der Waals surface area contributed by atoms with Crippen molar-refractivity contribution in [1.82, 2.24) is 10.2 Å². The number of halogens is 3. The fraction of sp³-hybridized carbons (Fsp3) is 0.400. The summed E-state index contributed by atoms with van der Waals surface area (Å²) in [5, 5.41) is 11.5. The van der Waals surface area contributed by atoms with E-state index in [2.05, 4.69) is 5.32 Å². The van der Waals surface area contributed by atoms with Gasteiger partial charge in [0.25, 0.3) is 0 Å².